The number of amides is 2. The van der Waals surface area contributed by atoms with Gasteiger partial charge in [-0.3, -0.25) is 0 Å². The first-order chi connectivity index (χ1) is 9.36. The quantitative estimate of drug-likeness (QED) is 0.840. The van der Waals surface area contributed by atoms with E-state index in [4.69, 9.17) is 9.52 Å². The summed E-state index contributed by atoms with van der Waals surface area (Å²) in [6, 6.07) is 1.40. The zero-order valence-corrected chi connectivity index (χ0v) is 12.4. The Labute approximate surface area is 118 Å². The number of carboxylic acids is 1. The molecule has 0 radical (unpaired) electrons. The minimum atomic E-state index is -1.03. The van der Waals surface area contributed by atoms with Gasteiger partial charge in [0.05, 0.1) is 6.54 Å². The van der Waals surface area contributed by atoms with Gasteiger partial charge in [0.25, 0.3) is 0 Å². The Hall–Kier alpha value is -1.98. The Morgan fingerprint density at radius 2 is 2.15 bits per heavy atom. The molecule has 1 heterocycles. The fourth-order valence-electron chi connectivity index (χ4n) is 1.94. The van der Waals surface area contributed by atoms with E-state index in [1.807, 2.05) is 6.92 Å². The Balaban J connectivity index is 2.56. The number of aromatic carboxylic acids is 1. The molecule has 1 rings (SSSR count). The van der Waals surface area contributed by atoms with Crippen molar-refractivity contribution in [3.05, 3.63) is 23.2 Å². The number of carboxylic acid groups (broad SMARTS) is 1. The number of urea groups is 1. The van der Waals surface area contributed by atoms with E-state index >= 15 is 0 Å². The van der Waals surface area contributed by atoms with E-state index in [1.165, 1.54) is 6.07 Å². The molecule has 0 bridgehead atoms. The first kappa shape index (κ1) is 16.1. The second kappa shape index (κ2) is 6.98. The third-order valence-corrected chi connectivity index (χ3v) is 3.30. The van der Waals surface area contributed by atoms with Gasteiger partial charge >= 0.3 is 12.0 Å². The van der Waals surface area contributed by atoms with E-state index < -0.39 is 5.97 Å². The molecule has 1 aromatic rings. The summed E-state index contributed by atoms with van der Waals surface area (Å²) in [7, 11) is 1.74. The predicted molar refractivity (Wildman–Crippen MR) is 74.8 cm³/mol. The summed E-state index contributed by atoms with van der Waals surface area (Å²) >= 11 is 0. The summed E-state index contributed by atoms with van der Waals surface area (Å²) in [6.45, 7) is 5.82. The van der Waals surface area contributed by atoms with Crippen molar-refractivity contribution < 1.29 is 19.1 Å². The second-order valence-corrected chi connectivity index (χ2v) is 4.90. The van der Waals surface area contributed by atoms with E-state index in [9.17, 15) is 9.59 Å². The largest absolute Gasteiger partial charge is 0.478 e. The lowest BCUT2D eigenvalue weighted by Crippen LogP contribution is -2.41. The normalized spacial score (nSPS) is 12.0. The number of carbonyl (C=O) groups is 2. The maximum Gasteiger partial charge on any atom is 0.339 e. The van der Waals surface area contributed by atoms with Crippen LogP contribution in [0.3, 0.4) is 0 Å². The summed E-state index contributed by atoms with van der Waals surface area (Å²) in [6.07, 6.45) is 1.95. The van der Waals surface area contributed by atoms with Crippen LogP contribution in [0.25, 0.3) is 0 Å². The van der Waals surface area contributed by atoms with Crippen LogP contribution in [0.1, 0.15) is 48.6 Å². The van der Waals surface area contributed by atoms with Crippen LogP contribution in [-0.4, -0.2) is 35.1 Å². The average Bonchev–Trinajstić information content (AvgIpc) is 2.76. The number of aryl methyl sites for hydroxylation is 1. The molecule has 0 aliphatic rings. The summed E-state index contributed by atoms with van der Waals surface area (Å²) in [5.74, 6) is -0.253. The SMILES string of the molecule is CCCC(C)N(C)C(=O)NCc1cc(C(=O)O)c(C)o1. The van der Waals surface area contributed by atoms with Crippen LogP contribution in [0.5, 0.6) is 0 Å². The molecule has 0 saturated heterocycles. The average molecular weight is 282 g/mol. The highest BCUT2D eigenvalue weighted by molar-refractivity contribution is 5.88. The zero-order valence-electron chi connectivity index (χ0n) is 12.4. The molecule has 0 spiro atoms. The van der Waals surface area contributed by atoms with E-state index in [1.54, 1.807) is 18.9 Å². The zero-order chi connectivity index (χ0) is 15.3. The van der Waals surface area contributed by atoms with Crippen molar-refractivity contribution in [1.29, 1.82) is 0 Å². The molecule has 6 heteroatoms. The van der Waals surface area contributed by atoms with Crippen molar-refractivity contribution >= 4 is 12.0 Å². The molecule has 112 valence electrons. The van der Waals surface area contributed by atoms with Crippen LogP contribution in [0.2, 0.25) is 0 Å². The van der Waals surface area contributed by atoms with Gasteiger partial charge in [0, 0.05) is 13.1 Å². The van der Waals surface area contributed by atoms with Crippen LogP contribution < -0.4 is 5.32 Å². The van der Waals surface area contributed by atoms with E-state index in [0.29, 0.717) is 11.5 Å². The molecule has 0 aliphatic heterocycles. The van der Waals surface area contributed by atoms with E-state index in [2.05, 4.69) is 12.2 Å². The van der Waals surface area contributed by atoms with Crippen LogP contribution in [0, 0.1) is 6.92 Å². The fraction of sp³-hybridized carbons (Fsp3) is 0.571. The van der Waals surface area contributed by atoms with Crippen molar-refractivity contribution in [1.82, 2.24) is 10.2 Å². The van der Waals surface area contributed by atoms with Gasteiger partial charge in [0.1, 0.15) is 17.1 Å². The van der Waals surface area contributed by atoms with Gasteiger partial charge in [-0.1, -0.05) is 13.3 Å². The van der Waals surface area contributed by atoms with Crippen LogP contribution in [-0.2, 0) is 6.54 Å². The lowest BCUT2D eigenvalue weighted by atomic mass is 10.2. The maximum atomic E-state index is 11.9. The number of carbonyl (C=O) groups excluding carboxylic acids is 1. The van der Waals surface area contributed by atoms with Gasteiger partial charge in [-0.05, 0) is 26.3 Å². The number of furan rings is 1. The monoisotopic (exact) mass is 282 g/mol. The van der Waals surface area contributed by atoms with Crippen LogP contribution in [0.15, 0.2) is 10.5 Å². The van der Waals surface area contributed by atoms with Crippen molar-refractivity contribution in [2.45, 2.75) is 46.2 Å². The topological polar surface area (TPSA) is 82.8 Å². The van der Waals surface area contributed by atoms with E-state index in [0.717, 1.165) is 12.8 Å². The van der Waals surface area contributed by atoms with Gasteiger partial charge in [-0.25, -0.2) is 9.59 Å². The molecule has 2 amide bonds. The third kappa shape index (κ3) is 4.01. The summed E-state index contributed by atoms with van der Waals surface area (Å²) in [5.41, 5.74) is 0.127. The Bertz CT molecular complexity index is 482. The molecule has 0 aliphatic carbocycles. The molecule has 1 aromatic heterocycles. The highest BCUT2D eigenvalue weighted by atomic mass is 16.4. The molecule has 0 saturated carbocycles. The number of hydrogen-bond acceptors (Lipinski definition) is 3. The van der Waals surface area contributed by atoms with Crippen molar-refractivity contribution in [3.63, 3.8) is 0 Å². The summed E-state index contributed by atoms with van der Waals surface area (Å²) in [5, 5.41) is 11.6. The summed E-state index contributed by atoms with van der Waals surface area (Å²) in [4.78, 5) is 24.4. The lowest BCUT2D eigenvalue weighted by molar-refractivity contribution is 0.0695. The van der Waals surface area contributed by atoms with Gasteiger partial charge < -0.3 is 19.7 Å². The number of nitrogens with zero attached hydrogens (tertiary/aromatic N) is 1. The number of nitrogens with one attached hydrogen (secondary N) is 1. The van der Waals surface area contributed by atoms with E-state index in [-0.39, 0.29) is 24.2 Å². The summed E-state index contributed by atoms with van der Waals surface area (Å²) < 4.78 is 5.30. The first-order valence-electron chi connectivity index (χ1n) is 6.70. The molecular weight excluding hydrogens is 260 g/mol. The number of rotatable bonds is 6. The highest BCUT2D eigenvalue weighted by Crippen LogP contribution is 2.14. The minimum Gasteiger partial charge on any atom is -0.478 e. The Kier molecular flexibility index (Phi) is 5.61. The van der Waals surface area contributed by atoms with Crippen LogP contribution >= 0.6 is 0 Å². The van der Waals surface area contributed by atoms with Gasteiger partial charge in [-0.2, -0.15) is 0 Å². The van der Waals surface area contributed by atoms with Crippen molar-refractivity contribution in [2.24, 2.45) is 0 Å². The smallest absolute Gasteiger partial charge is 0.339 e. The molecule has 1 unspecified atom stereocenters. The Morgan fingerprint density at radius 1 is 1.50 bits per heavy atom. The molecule has 2 N–H and O–H groups in total. The molecule has 6 nitrogen and oxygen atoms in total. The third-order valence-electron chi connectivity index (χ3n) is 3.30. The predicted octanol–water partition coefficient (Wildman–Crippen LogP) is 2.62. The lowest BCUT2D eigenvalue weighted by Gasteiger charge is -2.24. The first-order valence-corrected chi connectivity index (χ1v) is 6.70. The highest BCUT2D eigenvalue weighted by Gasteiger charge is 2.17. The van der Waals surface area contributed by atoms with Crippen LogP contribution in [0.4, 0.5) is 4.79 Å². The molecule has 0 aromatic carbocycles. The van der Waals surface area contributed by atoms with Gasteiger partial charge in [0.2, 0.25) is 0 Å². The van der Waals surface area contributed by atoms with Crippen molar-refractivity contribution in [3.8, 4) is 0 Å². The minimum absolute atomic E-state index is 0.127. The number of hydrogen-bond donors (Lipinski definition) is 2. The van der Waals surface area contributed by atoms with Gasteiger partial charge in [-0.15, -0.1) is 0 Å². The molecule has 20 heavy (non-hydrogen) atoms. The second-order valence-electron chi connectivity index (χ2n) is 4.90. The molecule has 1 atom stereocenters. The Morgan fingerprint density at radius 3 is 2.65 bits per heavy atom. The molecule has 0 fully saturated rings. The molecular formula is C14H22N2O4. The fourth-order valence-corrected chi connectivity index (χ4v) is 1.94. The standard InChI is InChI=1S/C14H22N2O4/c1-5-6-9(2)16(4)14(19)15-8-11-7-12(13(17)18)10(3)20-11/h7,9H,5-6,8H2,1-4H3,(H,15,19)(H,17,18). The van der Waals surface area contributed by atoms with Gasteiger partial charge in [0.15, 0.2) is 0 Å². The van der Waals surface area contributed by atoms with Crippen molar-refractivity contribution in [2.75, 3.05) is 7.05 Å². The maximum absolute atomic E-state index is 11.9.